The molecule has 0 aliphatic rings. The second-order valence-electron chi connectivity index (χ2n) is 5.28. The number of amides is 1. The molecule has 1 N–H and O–H groups in total. The summed E-state index contributed by atoms with van der Waals surface area (Å²) in [5, 5.41) is 12.1. The van der Waals surface area contributed by atoms with Crippen molar-refractivity contribution in [2.45, 2.75) is 19.9 Å². The van der Waals surface area contributed by atoms with Crippen molar-refractivity contribution in [2.24, 2.45) is 0 Å². The Morgan fingerprint density at radius 1 is 1.25 bits per heavy atom. The molecule has 1 amide bonds. The number of rotatable bonds is 6. The number of hydrogen-bond donors (Lipinski definition) is 1. The molecule has 0 fully saturated rings. The van der Waals surface area contributed by atoms with Gasteiger partial charge in [-0.1, -0.05) is 42.5 Å². The zero-order valence-electron chi connectivity index (χ0n) is 13.8. The molecule has 122 valence electrons. The molecule has 1 unspecified atom stereocenters. The van der Waals surface area contributed by atoms with Crippen LogP contribution in [0.25, 0.3) is 6.08 Å². The molecule has 0 spiro atoms. The summed E-state index contributed by atoms with van der Waals surface area (Å²) in [7, 11) is 0. The molecule has 0 aliphatic heterocycles. The lowest BCUT2D eigenvalue weighted by atomic mass is 10.1. The molecule has 0 saturated heterocycles. The van der Waals surface area contributed by atoms with E-state index in [1.165, 1.54) is 0 Å². The number of nitrogens with zero attached hydrogens (tertiary/aromatic N) is 1. The van der Waals surface area contributed by atoms with Crippen molar-refractivity contribution in [1.29, 1.82) is 5.26 Å². The molecule has 0 saturated carbocycles. The van der Waals surface area contributed by atoms with Gasteiger partial charge in [0, 0.05) is 0 Å². The summed E-state index contributed by atoms with van der Waals surface area (Å²) in [4.78, 5) is 12.3. The summed E-state index contributed by atoms with van der Waals surface area (Å²) in [5.74, 6) is 0.317. The minimum Gasteiger partial charge on any atom is -0.494 e. The van der Waals surface area contributed by atoms with Crippen molar-refractivity contribution in [2.75, 3.05) is 6.61 Å². The van der Waals surface area contributed by atoms with Crippen LogP contribution in [-0.4, -0.2) is 12.5 Å². The summed E-state index contributed by atoms with van der Waals surface area (Å²) >= 11 is 0. The van der Waals surface area contributed by atoms with Crippen molar-refractivity contribution in [3.63, 3.8) is 0 Å². The highest BCUT2D eigenvalue weighted by atomic mass is 16.5. The number of nitrogens with one attached hydrogen (secondary N) is 1. The number of carbonyl (C=O) groups is 1. The van der Waals surface area contributed by atoms with Gasteiger partial charge in [-0.2, -0.15) is 5.26 Å². The molecule has 0 aliphatic carbocycles. The Balaban J connectivity index is 2.14. The van der Waals surface area contributed by atoms with Crippen LogP contribution in [-0.2, 0) is 4.79 Å². The third-order valence-corrected chi connectivity index (χ3v) is 3.49. The average molecular weight is 320 g/mol. The molecule has 0 aromatic heterocycles. The molecule has 1 atom stereocenters. The van der Waals surface area contributed by atoms with Gasteiger partial charge in [0.2, 0.25) is 0 Å². The summed E-state index contributed by atoms with van der Waals surface area (Å²) in [6.45, 7) is 4.35. The maximum atomic E-state index is 12.3. The molecular formula is C20H20N2O2. The Morgan fingerprint density at radius 2 is 2.00 bits per heavy atom. The predicted octanol–water partition coefficient (Wildman–Crippen LogP) is 3.87. The maximum absolute atomic E-state index is 12.3. The van der Waals surface area contributed by atoms with Crippen LogP contribution in [0.3, 0.4) is 0 Å². The monoisotopic (exact) mass is 320 g/mol. The Morgan fingerprint density at radius 3 is 2.67 bits per heavy atom. The topological polar surface area (TPSA) is 62.1 Å². The SMILES string of the molecule is CCOc1cccc(/C=C(\C#N)C(=O)NC(C)c2ccccc2)c1. The van der Waals surface area contributed by atoms with E-state index in [0.29, 0.717) is 12.4 Å². The van der Waals surface area contributed by atoms with E-state index < -0.39 is 5.91 Å². The first-order chi connectivity index (χ1) is 11.6. The van der Waals surface area contributed by atoms with E-state index >= 15 is 0 Å². The van der Waals surface area contributed by atoms with Gasteiger partial charge in [0.1, 0.15) is 17.4 Å². The second kappa shape index (κ2) is 8.54. The molecule has 4 nitrogen and oxygen atoms in total. The van der Waals surface area contributed by atoms with E-state index in [1.54, 1.807) is 12.1 Å². The molecule has 2 aromatic rings. The Bertz CT molecular complexity index is 761. The van der Waals surface area contributed by atoms with Gasteiger partial charge in [-0.05, 0) is 43.2 Å². The summed E-state index contributed by atoms with van der Waals surface area (Å²) in [6, 6.07) is 18.7. The van der Waals surface area contributed by atoms with Gasteiger partial charge >= 0.3 is 0 Å². The summed E-state index contributed by atoms with van der Waals surface area (Å²) in [6.07, 6.45) is 1.57. The highest BCUT2D eigenvalue weighted by Crippen LogP contribution is 2.17. The van der Waals surface area contributed by atoms with Crippen molar-refractivity contribution in [3.8, 4) is 11.8 Å². The van der Waals surface area contributed by atoms with Gasteiger partial charge in [0.15, 0.2) is 0 Å². The van der Waals surface area contributed by atoms with Gasteiger partial charge < -0.3 is 10.1 Å². The lowest BCUT2D eigenvalue weighted by molar-refractivity contribution is -0.117. The van der Waals surface area contributed by atoms with E-state index in [0.717, 1.165) is 11.1 Å². The van der Waals surface area contributed by atoms with Gasteiger partial charge in [0.05, 0.1) is 12.6 Å². The van der Waals surface area contributed by atoms with Crippen molar-refractivity contribution in [1.82, 2.24) is 5.32 Å². The fraction of sp³-hybridized carbons (Fsp3) is 0.200. The van der Waals surface area contributed by atoms with E-state index in [2.05, 4.69) is 5.32 Å². The number of hydrogen-bond acceptors (Lipinski definition) is 3. The molecule has 0 bridgehead atoms. The first-order valence-electron chi connectivity index (χ1n) is 7.84. The molecule has 4 heteroatoms. The van der Waals surface area contributed by atoms with Crippen molar-refractivity contribution >= 4 is 12.0 Å². The zero-order valence-corrected chi connectivity index (χ0v) is 13.8. The third kappa shape index (κ3) is 4.72. The van der Waals surface area contributed by atoms with Crippen LogP contribution >= 0.6 is 0 Å². The maximum Gasteiger partial charge on any atom is 0.262 e. The Labute approximate surface area is 142 Å². The van der Waals surface area contributed by atoms with E-state index in [9.17, 15) is 10.1 Å². The van der Waals surface area contributed by atoms with Crippen molar-refractivity contribution in [3.05, 3.63) is 71.3 Å². The van der Waals surface area contributed by atoms with Gasteiger partial charge in [-0.25, -0.2) is 0 Å². The second-order valence-corrected chi connectivity index (χ2v) is 5.28. The van der Waals surface area contributed by atoms with Crippen LogP contribution in [0.2, 0.25) is 0 Å². The molecule has 24 heavy (non-hydrogen) atoms. The van der Waals surface area contributed by atoms with Crippen molar-refractivity contribution < 1.29 is 9.53 Å². The highest BCUT2D eigenvalue weighted by molar-refractivity contribution is 6.01. The van der Waals surface area contributed by atoms with Crippen LogP contribution in [0.4, 0.5) is 0 Å². The average Bonchev–Trinajstić information content (AvgIpc) is 2.61. The highest BCUT2D eigenvalue weighted by Gasteiger charge is 2.13. The largest absolute Gasteiger partial charge is 0.494 e. The summed E-state index contributed by atoms with van der Waals surface area (Å²) in [5.41, 5.74) is 1.80. The third-order valence-electron chi connectivity index (χ3n) is 3.49. The van der Waals surface area contributed by atoms with Crippen LogP contribution in [0.15, 0.2) is 60.2 Å². The first kappa shape index (κ1) is 17.3. The van der Waals surface area contributed by atoms with Gasteiger partial charge in [-0.3, -0.25) is 4.79 Å². The lowest BCUT2D eigenvalue weighted by Gasteiger charge is -2.13. The van der Waals surface area contributed by atoms with Crippen LogP contribution in [0, 0.1) is 11.3 Å². The molecule has 0 heterocycles. The number of carbonyl (C=O) groups excluding carboxylic acids is 1. The smallest absolute Gasteiger partial charge is 0.262 e. The molecule has 2 rings (SSSR count). The lowest BCUT2D eigenvalue weighted by Crippen LogP contribution is -2.27. The number of ether oxygens (including phenoxy) is 1. The molecule has 2 aromatic carbocycles. The normalized spacial score (nSPS) is 12.1. The number of benzene rings is 2. The quantitative estimate of drug-likeness (QED) is 0.649. The minimum absolute atomic E-state index is 0.0615. The minimum atomic E-state index is -0.393. The summed E-state index contributed by atoms with van der Waals surface area (Å²) < 4.78 is 5.43. The molecular weight excluding hydrogens is 300 g/mol. The molecule has 0 radical (unpaired) electrons. The number of nitriles is 1. The Hall–Kier alpha value is -3.06. The fourth-order valence-corrected chi connectivity index (χ4v) is 2.28. The first-order valence-corrected chi connectivity index (χ1v) is 7.84. The standard InChI is InChI=1S/C20H20N2O2/c1-3-24-19-11-7-8-16(13-19)12-18(14-21)20(23)22-15(2)17-9-5-4-6-10-17/h4-13,15H,3H2,1-2H3,(H,22,23)/b18-12+. The fourth-order valence-electron chi connectivity index (χ4n) is 2.28. The van der Waals surface area contributed by atoms with Gasteiger partial charge in [-0.15, -0.1) is 0 Å². The Kier molecular flexibility index (Phi) is 6.16. The van der Waals surface area contributed by atoms with Crippen LogP contribution in [0.1, 0.15) is 31.0 Å². The van der Waals surface area contributed by atoms with E-state index in [4.69, 9.17) is 4.74 Å². The predicted molar refractivity (Wildman–Crippen MR) is 94.2 cm³/mol. The van der Waals surface area contributed by atoms with Crippen LogP contribution < -0.4 is 10.1 Å². The van der Waals surface area contributed by atoms with E-state index in [1.807, 2.05) is 68.4 Å². The zero-order chi connectivity index (χ0) is 17.4. The van der Waals surface area contributed by atoms with E-state index in [-0.39, 0.29) is 11.6 Å². The van der Waals surface area contributed by atoms with Gasteiger partial charge in [0.25, 0.3) is 5.91 Å². The van der Waals surface area contributed by atoms with Crippen LogP contribution in [0.5, 0.6) is 5.75 Å².